The topological polar surface area (TPSA) is 46.2 Å². The highest BCUT2D eigenvalue weighted by Gasteiger charge is 2.10. The van der Waals surface area contributed by atoms with Gasteiger partial charge >= 0.3 is 0 Å². The van der Waals surface area contributed by atoms with Gasteiger partial charge in [-0.1, -0.05) is 36.4 Å². The Morgan fingerprint density at radius 1 is 1.06 bits per heavy atom. The Hall–Kier alpha value is -1.65. The number of hydrogen-bond acceptors (Lipinski definition) is 2. The molecule has 2 aromatic carbocycles. The molecule has 0 fully saturated rings. The van der Waals surface area contributed by atoms with Crippen LogP contribution in [0.25, 0.3) is 11.1 Å². The van der Waals surface area contributed by atoms with Crippen molar-refractivity contribution in [2.24, 2.45) is 0 Å². The quantitative estimate of drug-likeness (QED) is 0.901. The average Bonchev–Trinajstić information content (AvgIpc) is 2.40. The van der Waals surface area contributed by atoms with Gasteiger partial charge in [0.2, 0.25) is 10.0 Å². The van der Waals surface area contributed by atoms with Crippen LogP contribution in [0.1, 0.15) is 0 Å². The minimum Gasteiger partial charge on any atom is -0.214 e. The van der Waals surface area contributed by atoms with E-state index in [0.717, 1.165) is 11.1 Å². The molecule has 0 unspecified atom stereocenters. The third-order valence-corrected chi connectivity index (χ3v) is 3.88. The summed E-state index contributed by atoms with van der Waals surface area (Å²) in [5.74, 6) is 0. The zero-order chi connectivity index (χ0) is 12.3. The first-order valence-corrected chi connectivity index (χ1v) is 6.62. The molecule has 0 bridgehead atoms. The smallest absolute Gasteiger partial charge is 0.214 e. The Labute approximate surface area is 101 Å². The van der Waals surface area contributed by atoms with E-state index in [1.165, 1.54) is 7.05 Å². The highest BCUT2D eigenvalue weighted by atomic mass is 32.2. The largest absolute Gasteiger partial charge is 0.240 e. The molecule has 2 rings (SSSR count). The lowest BCUT2D eigenvalue weighted by molar-refractivity contribution is 0.588. The van der Waals surface area contributed by atoms with Crippen molar-refractivity contribution in [1.82, 2.24) is 4.72 Å². The molecule has 1 N–H and O–H groups in total. The van der Waals surface area contributed by atoms with Gasteiger partial charge in [-0.25, -0.2) is 13.1 Å². The van der Waals surface area contributed by atoms with Gasteiger partial charge < -0.3 is 0 Å². The van der Waals surface area contributed by atoms with E-state index in [1.807, 2.05) is 24.3 Å². The molecule has 4 heteroatoms. The predicted octanol–water partition coefficient (Wildman–Crippen LogP) is 2.06. The number of nitrogens with one attached hydrogen (secondary N) is 1. The monoisotopic (exact) mass is 246 g/mol. The van der Waals surface area contributed by atoms with Crippen LogP contribution < -0.4 is 4.72 Å². The Morgan fingerprint density at radius 3 is 2.29 bits per heavy atom. The van der Waals surface area contributed by atoms with Gasteiger partial charge in [-0.3, -0.25) is 0 Å². The molecule has 0 amide bonds. The molecular weight excluding hydrogens is 234 g/mol. The molecular formula is C13H12NO2S. The van der Waals surface area contributed by atoms with Crippen molar-refractivity contribution in [3.8, 4) is 11.1 Å². The first-order valence-electron chi connectivity index (χ1n) is 5.14. The lowest BCUT2D eigenvalue weighted by Gasteiger charge is -2.04. The minimum atomic E-state index is -3.36. The van der Waals surface area contributed by atoms with Crippen molar-refractivity contribution in [3.63, 3.8) is 0 Å². The lowest BCUT2D eigenvalue weighted by atomic mass is 10.1. The number of rotatable bonds is 3. The molecule has 0 aliphatic carbocycles. The Morgan fingerprint density at radius 2 is 1.76 bits per heavy atom. The van der Waals surface area contributed by atoms with Crippen molar-refractivity contribution < 1.29 is 8.42 Å². The predicted molar refractivity (Wildman–Crippen MR) is 67.0 cm³/mol. The Bertz CT molecular complexity index is 589. The van der Waals surface area contributed by atoms with Crippen LogP contribution in [0.2, 0.25) is 0 Å². The third-order valence-electron chi connectivity index (χ3n) is 2.45. The van der Waals surface area contributed by atoms with Crippen molar-refractivity contribution in [2.45, 2.75) is 4.90 Å². The first kappa shape index (κ1) is 11.8. The van der Waals surface area contributed by atoms with E-state index < -0.39 is 10.0 Å². The summed E-state index contributed by atoms with van der Waals surface area (Å²) in [5, 5.41) is 0. The first-order chi connectivity index (χ1) is 8.13. The van der Waals surface area contributed by atoms with Gasteiger partial charge in [0.1, 0.15) is 0 Å². The number of benzene rings is 2. The van der Waals surface area contributed by atoms with Crippen molar-refractivity contribution >= 4 is 10.0 Å². The van der Waals surface area contributed by atoms with Crippen molar-refractivity contribution in [3.05, 3.63) is 54.6 Å². The van der Waals surface area contributed by atoms with E-state index in [2.05, 4.69) is 10.8 Å². The summed E-state index contributed by atoms with van der Waals surface area (Å²) < 4.78 is 25.3. The molecule has 3 nitrogen and oxygen atoms in total. The van der Waals surface area contributed by atoms with Crippen LogP contribution in [-0.4, -0.2) is 15.5 Å². The van der Waals surface area contributed by atoms with Gasteiger partial charge in [0.15, 0.2) is 0 Å². The summed E-state index contributed by atoms with van der Waals surface area (Å²) in [4.78, 5) is 0.264. The summed E-state index contributed by atoms with van der Waals surface area (Å²) in [7, 11) is -1.96. The highest BCUT2D eigenvalue weighted by Crippen LogP contribution is 2.20. The van der Waals surface area contributed by atoms with Gasteiger partial charge in [0.25, 0.3) is 0 Å². The van der Waals surface area contributed by atoms with E-state index >= 15 is 0 Å². The zero-order valence-electron chi connectivity index (χ0n) is 9.34. The zero-order valence-corrected chi connectivity index (χ0v) is 10.2. The van der Waals surface area contributed by atoms with Crippen LogP contribution in [-0.2, 0) is 10.0 Å². The summed E-state index contributed by atoms with van der Waals surface area (Å²) >= 11 is 0. The van der Waals surface area contributed by atoms with Gasteiger partial charge in [-0.2, -0.15) is 0 Å². The van der Waals surface area contributed by atoms with Crippen LogP contribution in [0.3, 0.4) is 0 Å². The fourth-order valence-corrected chi connectivity index (χ4v) is 2.23. The van der Waals surface area contributed by atoms with Crippen LogP contribution in [0.5, 0.6) is 0 Å². The molecule has 0 aromatic heterocycles. The molecule has 0 atom stereocenters. The van der Waals surface area contributed by atoms with E-state index in [0.29, 0.717) is 0 Å². The second kappa shape index (κ2) is 4.69. The number of sulfonamides is 1. The normalized spacial score (nSPS) is 11.4. The molecule has 0 heterocycles. The average molecular weight is 246 g/mol. The molecule has 2 aromatic rings. The summed E-state index contributed by atoms with van der Waals surface area (Å²) in [6.07, 6.45) is 0. The molecule has 0 saturated carbocycles. The molecule has 0 spiro atoms. The maximum absolute atomic E-state index is 11.5. The van der Waals surface area contributed by atoms with Crippen LogP contribution in [0.15, 0.2) is 53.4 Å². The summed E-state index contributed by atoms with van der Waals surface area (Å²) in [6, 6.07) is 17.4. The van der Waals surface area contributed by atoms with E-state index in [9.17, 15) is 8.42 Å². The maximum Gasteiger partial charge on any atom is 0.240 e. The van der Waals surface area contributed by atoms with E-state index in [1.54, 1.807) is 24.3 Å². The fourth-order valence-electron chi connectivity index (χ4n) is 1.50. The molecule has 0 saturated heterocycles. The Balaban J connectivity index is 2.38. The van der Waals surface area contributed by atoms with Crippen LogP contribution in [0.4, 0.5) is 0 Å². The molecule has 0 aliphatic heterocycles. The third kappa shape index (κ3) is 2.54. The summed E-state index contributed by atoms with van der Waals surface area (Å²) in [6.45, 7) is 0. The maximum atomic E-state index is 11.5. The van der Waals surface area contributed by atoms with Crippen LogP contribution in [0, 0.1) is 6.07 Å². The van der Waals surface area contributed by atoms with Gasteiger partial charge in [-0.15, -0.1) is 0 Å². The SMILES string of the molecule is CNS(=O)(=O)c1ccc(-c2[c]cccc2)cc1. The minimum absolute atomic E-state index is 0.264. The molecule has 1 radical (unpaired) electrons. The second-order valence-corrected chi connectivity index (χ2v) is 5.39. The Kier molecular flexibility index (Phi) is 3.26. The number of hydrogen-bond donors (Lipinski definition) is 1. The van der Waals surface area contributed by atoms with Gasteiger partial charge in [-0.05, 0) is 36.4 Å². The standard InChI is InChI=1S/C13H12NO2S/c1-14-17(15,16)13-9-7-12(8-10-13)11-5-3-2-4-6-11/h2-5,7-10,14H,1H3. The van der Waals surface area contributed by atoms with Crippen LogP contribution >= 0.6 is 0 Å². The fraction of sp³-hybridized carbons (Fsp3) is 0.0769. The highest BCUT2D eigenvalue weighted by molar-refractivity contribution is 7.89. The summed E-state index contributed by atoms with van der Waals surface area (Å²) in [5.41, 5.74) is 1.89. The molecule has 0 aliphatic rings. The second-order valence-electron chi connectivity index (χ2n) is 3.51. The van der Waals surface area contributed by atoms with Crippen molar-refractivity contribution in [1.29, 1.82) is 0 Å². The molecule has 87 valence electrons. The van der Waals surface area contributed by atoms with Gasteiger partial charge in [0.05, 0.1) is 4.90 Å². The van der Waals surface area contributed by atoms with Gasteiger partial charge in [0, 0.05) is 0 Å². The lowest BCUT2D eigenvalue weighted by Crippen LogP contribution is -2.18. The molecule has 17 heavy (non-hydrogen) atoms. The van der Waals surface area contributed by atoms with E-state index in [4.69, 9.17) is 0 Å². The van der Waals surface area contributed by atoms with E-state index in [-0.39, 0.29) is 4.90 Å². The van der Waals surface area contributed by atoms with Crippen molar-refractivity contribution in [2.75, 3.05) is 7.05 Å².